The third kappa shape index (κ3) is 4.96. The van der Waals surface area contributed by atoms with Crippen molar-refractivity contribution in [2.45, 2.75) is 11.8 Å². The number of carbonyl (C=O) groups is 2. The highest BCUT2D eigenvalue weighted by molar-refractivity contribution is 9.10. The average molecular weight is 553 g/mol. The molecule has 0 aliphatic rings. The molecule has 0 fully saturated rings. The van der Waals surface area contributed by atoms with Gasteiger partial charge in [-0.3, -0.25) is 4.79 Å². The predicted molar refractivity (Wildman–Crippen MR) is 138 cm³/mol. The van der Waals surface area contributed by atoms with Crippen LogP contribution in [0.2, 0.25) is 0 Å². The van der Waals surface area contributed by atoms with Gasteiger partial charge in [-0.1, -0.05) is 46.3 Å². The summed E-state index contributed by atoms with van der Waals surface area (Å²) in [5, 5.41) is 3.35. The van der Waals surface area contributed by atoms with Crippen LogP contribution in [-0.4, -0.2) is 38.6 Å². The number of anilines is 1. The summed E-state index contributed by atoms with van der Waals surface area (Å²) < 4.78 is 30.4. The number of nitrogens with zero attached hydrogens (tertiary/aromatic N) is 1. The molecule has 0 bridgehead atoms. The van der Waals surface area contributed by atoms with E-state index in [1.807, 2.05) is 49.4 Å². The van der Waals surface area contributed by atoms with Crippen molar-refractivity contribution in [1.82, 2.24) is 4.98 Å². The van der Waals surface area contributed by atoms with Crippen LogP contribution in [0.4, 0.5) is 5.69 Å². The van der Waals surface area contributed by atoms with Crippen molar-refractivity contribution in [2.75, 3.05) is 18.7 Å². The zero-order valence-corrected chi connectivity index (χ0v) is 21.5. The van der Waals surface area contributed by atoms with Gasteiger partial charge in [-0.15, -0.1) is 0 Å². The molecular weight excluding hydrogens is 532 g/mol. The zero-order chi connectivity index (χ0) is 25.3. The van der Waals surface area contributed by atoms with E-state index in [1.165, 1.54) is 25.3 Å². The van der Waals surface area contributed by atoms with Crippen LogP contribution in [0.25, 0.3) is 22.2 Å². The van der Waals surface area contributed by atoms with Crippen molar-refractivity contribution in [1.29, 1.82) is 0 Å². The number of fused-ring (bicyclic) bond motifs is 1. The molecule has 0 saturated carbocycles. The van der Waals surface area contributed by atoms with Crippen molar-refractivity contribution in [2.24, 2.45) is 0 Å². The Hall–Kier alpha value is -3.56. The molecule has 0 radical (unpaired) electrons. The summed E-state index contributed by atoms with van der Waals surface area (Å²) in [7, 11) is -2.57. The number of benzene rings is 3. The summed E-state index contributed by atoms with van der Waals surface area (Å²) in [5.41, 5.74) is 3.25. The van der Waals surface area contributed by atoms with Gasteiger partial charge in [0.1, 0.15) is 0 Å². The first kappa shape index (κ1) is 24.6. The fraction of sp³-hybridized carbons (Fsp3) is 0.115. The second-order valence-electron chi connectivity index (χ2n) is 7.92. The number of sulfone groups is 1. The molecule has 35 heavy (non-hydrogen) atoms. The monoisotopic (exact) mass is 552 g/mol. The van der Waals surface area contributed by atoms with E-state index in [0.29, 0.717) is 27.7 Å². The number of ether oxygens (including phenoxy) is 1. The lowest BCUT2D eigenvalue weighted by atomic mass is 9.97. The van der Waals surface area contributed by atoms with Crippen LogP contribution in [0.1, 0.15) is 26.3 Å². The van der Waals surface area contributed by atoms with Crippen LogP contribution < -0.4 is 5.32 Å². The van der Waals surface area contributed by atoms with E-state index in [1.54, 1.807) is 6.07 Å². The molecule has 1 aromatic heterocycles. The summed E-state index contributed by atoms with van der Waals surface area (Å²) in [6.07, 6.45) is 1.01. The molecule has 9 heteroatoms. The Kier molecular flexibility index (Phi) is 6.73. The molecule has 0 unspecified atom stereocenters. The maximum atomic E-state index is 13.7. The molecule has 0 atom stereocenters. The summed E-state index contributed by atoms with van der Waals surface area (Å²) in [6, 6.07) is 18.9. The third-order valence-electron chi connectivity index (χ3n) is 5.52. The first-order valence-electron chi connectivity index (χ1n) is 10.5. The van der Waals surface area contributed by atoms with E-state index in [-0.39, 0.29) is 16.1 Å². The van der Waals surface area contributed by atoms with E-state index in [9.17, 15) is 18.0 Å². The Bertz CT molecular complexity index is 1580. The number of aromatic nitrogens is 1. The number of carbonyl (C=O) groups excluding carboxylic acids is 2. The smallest absolute Gasteiger partial charge is 0.337 e. The number of rotatable bonds is 5. The Labute approximate surface area is 211 Å². The molecule has 4 aromatic rings. The fourth-order valence-electron chi connectivity index (χ4n) is 3.86. The zero-order valence-electron chi connectivity index (χ0n) is 19.1. The SMILES string of the molecule is COC(=O)c1ccc(NC(=O)c2c(C)c(-c3ccccc3)nc3ccc(Br)cc23)c(S(C)(=O)=O)c1. The predicted octanol–water partition coefficient (Wildman–Crippen LogP) is 5.42. The van der Waals surface area contributed by atoms with Crippen molar-refractivity contribution in [3.05, 3.63) is 87.9 Å². The minimum absolute atomic E-state index is 0.0609. The standard InChI is InChI=1S/C26H21BrN2O5S/c1-15-23(19-14-18(27)10-12-20(19)28-24(15)16-7-5-4-6-8-16)25(30)29-21-11-9-17(26(31)34-2)13-22(21)35(3,32)33/h4-14H,1-3H3,(H,29,30). The number of hydrogen-bond acceptors (Lipinski definition) is 6. The summed E-state index contributed by atoms with van der Waals surface area (Å²) >= 11 is 3.45. The van der Waals surface area contributed by atoms with E-state index in [4.69, 9.17) is 9.72 Å². The molecule has 0 saturated heterocycles. The molecule has 3 aromatic carbocycles. The van der Waals surface area contributed by atoms with Gasteiger partial charge in [0.05, 0.1) is 40.0 Å². The highest BCUT2D eigenvalue weighted by atomic mass is 79.9. The van der Waals surface area contributed by atoms with Gasteiger partial charge in [-0.2, -0.15) is 0 Å². The second kappa shape index (κ2) is 9.59. The van der Waals surface area contributed by atoms with Crippen molar-refractivity contribution in [3.8, 4) is 11.3 Å². The normalized spacial score (nSPS) is 11.3. The quantitative estimate of drug-likeness (QED) is 0.332. The Balaban J connectivity index is 1.89. The van der Waals surface area contributed by atoms with Gasteiger partial charge in [0.2, 0.25) is 0 Å². The topological polar surface area (TPSA) is 102 Å². The number of methoxy groups -OCH3 is 1. The average Bonchev–Trinajstić information content (AvgIpc) is 2.83. The first-order chi connectivity index (χ1) is 16.6. The van der Waals surface area contributed by atoms with Crippen LogP contribution in [0.3, 0.4) is 0 Å². The van der Waals surface area contributed by atoms with Crippen LogP contribution in [-0.2, 0) is 14.6 Å². The van der Waals surface area contributed by atoms with Crippen LogP contribution in [0, 0.1) is 6.92 Å². The van der Waals surface area contributed by atoms with Gasteiger partial charge >= 0.3 is 5.97 Å². The minimum atomic E-state index is -3.78. The number of hydrogen-bond donors (Lipinski definition) is 1. The first-order valence-corrected chi connectivity index (χ1v) is 13.2. The number of nitrogens with one attached hydrogen (secondary N) is 1. The molecule has 0 aliphatic carbocycles. The summed E-state index contributed by atoms with van der Waals surface area (Å²) in [6.45, 7) is 1.81. The third-order valence-corrected chi connectivity index (χ3v) is 7.15. The van der Waals surface area contributed by atoms with Gasteiger partial charge in [0, 0.05) is 21.7 Å². The maximum Gasteiger partial charge on any atom is 0.337 e. The van der Waals surface area contributed by atoms with Crippen LogP contribution >= 0.6 is 15.9 Å². The molecule has 0 spiro atoms. The van der Waals surface area contributed by atoms with Crippen molar-refractivity contribution >= 4 is 54.2 Å². The molecule has 1 heterocycles. The lowest BCUT2D eigenvalue weighted by Crippen LogP contribution is -2.18. The van der Waals surface area contributed by atoms with E-state index in [0.717, 1.165) is 16.3 Å². The minimum Gasteiger partial charge on any atom is -0.465 e. The molecule has 4 rings (SSSR count). The fourth-order valence-corrected chi connectivity index (χ4v) is 5.08. The van der Waals surface area contributed by atoms with Crippen molar-refractivity contribution < 1.29 is 22.7 Å². The number of pyridine rings is 1. The molecular formula is C26H21BrN2O5S. The molecule has 0 aliphatic heterocycles. The number of amides is 1. The lowest BCUT2D eigenvalue weighted by molar-refractivity contribution is 0.0600. The van der Waals surface area contributed by atoms with Crippen molar-refractivity contribution in [3.63, 3.8) is 0 Å². The largest absolute Gasteiger partial charge is 0.465 e. The molecule has 178 valence electrons. The van der Waals surface area contributed by atoms with E-state index >= 15 is 0 Å². The summed E-state index contributed by atoms with van der Waals surface area (Å²) in [4.78, 5) is 30.2. The van der Waals surface area contributed by atoms with Gasteiger partial charge in [-0.25, -0.2) is 18.2 Å². The molecule has 1 amide bonds. The van der Waals surface area contributed by atoms with Gasteiger partial charge in [0.15, 0.2) is 9.84 Å². The van der Waals surface area contributed by atoms with Crippen LogP contribution in [0.5, 0.6) is 0 Å². The highest BCUT2D eigenvalue weighted by Crippen LogP contribution is 2.32. The second-order valence-corrected chi connectivity index (χ2v) is 10.8. The Morgan fingerprint density at radius 1 is 1.00 bits per heavy atom. The number of esters is 1. The Morgan fingerprint density at radius 3 is 2.37 bits per heavy atom. The molecule has 1 N–H and O–H groups in total. The van der Waals surface area contributed by atoms with Gasteiger partial charge in [0.25, 0.3) is 5.91 Å². The van der Waals surface area contributed by atoms with E-state index < -0.39 is 21.7 Å². The molecule has 7 nitrogen and oxygen atoms in total. The van der Waals surface area contributed by atoms with Crippen LogP contribution in [0.15, 0.2) is 76.1 Å². The maximum absolute atomic E-state index is 13.7. The van der Waals surface area contributed by atoms with Gasteiger partial charge < -0.3 is 10.1 Å². The highest BCUT2D eigenvalue weighted by Gasteiger charge is 2.23. The van der Waals surface area contributed by atoms with Gasteiger partial charge in [-0.05, 0) is 48.9 Å². The van der Waals surface area contributed by atoms with E-state index in [2.05, 4.69) is 21.2 Å². The summed E-state index contributed by atoms with van der Waals surface area (Å²) in [5.74, 6) is -1.18. The lowest BCUT2D eigenvalue weighted by Gasteiger charge is -2.16. The Morgan fingerprint density at radius 2 is 1.71 bits per heavy atom. The number of halogens is 1.